The molecule has 1 aromatic rings. The van der Waals surface area contributed by atoms with Crippen LogP contribution in [0.4, 0.5) is 0 Å². The number of rotatable bonds is 6. The summed E-state index contributed by atoms with van der Waals surface area (Å²) in [7, 11) is -2.30. The summed E-state index contributed by atoms with van der Waals surface area (Å²) in [6.07, 6.45) is 5.93. The first-order valence-corrected chi connectivity index (χ1v) is 8.40. The SMILES string of the molecule is CCCCc1cc(C)c(CC2([SH](=O)=O)CC2)c(C)c1. The first kappa shape index (κ1) is 14.6. The number of aryl methyl sites for hydroxylation is 3. The summed E-state index contributed by atoms with van der Waals surface area (Å²) >= 11 is 0. The zero-order chi connectivity index (χ0) is 14.0. The number of unbranched alkanes of at least 4 members (excludes halogenated alkanes) is 1. The van der Waals surface area contributed by atoms with Gasteiger partial charge in [-0.3, -0.25) is 0 Å². The Morgan fingerprint density at radius 3 is 2.16 bits per heavy atom. The van der Waals surface area contributed by atoms with E-state index in [0.29, 0.717) is 6.42 Å². The summed E-state index contributed by atoms with van der Waals surface area (Å²) in [5, 5.41) is 0. The van der Waals surface area contributed by atoms with Gasteiger partial charge in [0.1, 0.15) is 10.7 Å². The molecule has 1 aliphatic rings. The molecular weight excluding hydrogens is 256 g/mol. The molecule has 2 rings (SSSR count). The molecule has 2 nitrogen and oxygen atoms in total. The van der Waals surface area contributed by atoms with Gasteiger partial charge in [0.2, 0.25) is 0 Å². The summed E-state index contributed by atoms with van der Waals surface area (Å²) in [5.41, 5.74) is 5.15. The Bertz CT molecular complexity index is 509. The molecule has 1 aliphatic carbocycles. The topological polar surface area (TPSA) is 34.1 Å². The van der Waals surface area contributed by atoms with Crippen LogP contribution in [-0.4, -0.2) is 13.2 Å². The summed E-state index contributed by atoms with van der Waals surface area (Å²) in [5.74, 6) is 0. The molecule has 1 saturated carbocycles. The van der Waals surface area contributed by atoms with Crippen LogP contribution < -0.4 is 0 Å². The standard InChI is InChI=1S/C16H24O2S/c1-4-5-6-14-9-12(2)15(13(3)10-14)11-16(7-8-16)19(17)18/h9-10,19H,4-8,11H2,1-3H3. The van der Waals surface area contributed by atoms with E-state index in [0.717, 1.165) is 19.3 Å². The molecule has 106 valence electrons. The number of hydrogen-bond acceptors (Lipinski definition) is 2. The van der Waals surface area contributed by atoms with E-state index in [2.05, 4.69) is 32.9 Å². The molecule has 19 heavy (non-hydrogen) atoms. The van der Waals surface area contributed by atoms with Crippen molar-refractivity contribution in [2.45, 2.75) is 64.0 Å². The first-order valence-electron chi connectivity index (χ1n) is 7.22. The van der Waals surface area contributed by atoms with Crippen molar-refractivity contribution in [3.05, 3.63) is 34.4 Å². The lowest BCUT2D eigenvalue weighted by Crippen LogP contribution is -2.16. The molecule has 0 N–H and O–H groups in total. The molecule has 0 unspecified atom stereocenters. The third-order valence-corrected chi connectivity index (χ3v) is 5.68. The largest absolute Gasteiger partial charge is 0.231 e. The van der Waals surface area contributed by atoms with Gasteiger partial charge in [0, 0.05) is 0 Å². The third-order valence-electron chi connectivity index (χ3n) is 4.30. The van der Waals surface area contributed by atoms with Crippen LogP contribution in [0.1, 0.15) is 54.9 Å². The zero-order valence-corrected chi connectivity index (χ0v) is 13.1. The van der Waals surface area contributed by atoms with Crippen molar-refractivity contribution < 1.29 is 8.42 Å². The predicted octanol–water partition coefficient (Wildman–Crippen LogP) is 3.33. The minimum Gasteiger partial charge on any atom is -0.231 e. The molecule has 0 saturated heterocycles. The lowest BCUT2D eigenvalue weighted by Gasteiger charge is -2.15. The van der Waals surface area contributed by atoms with Crippen molar-refractivity contribution in [1.29, 1.82) is 0 Å². The predicted molar refractivity (Wildman–Crippen MR) is 80.5 cm³/mol. The molecule has 0 atom stereocenters. The van der Waals surface area contributed by atoms with Crippen LogP contribution in [0.25, 0.3) is 0 Å². The second-order valence-corrected chi connectivity index (χ2v) is 7.43. The van der Waals surface area contributed by atoms with Gasteiger partial charge in [0.25, 0.3) is 0 Å². The van der Waals surface area contributed by atoms with E-state index in [1.807, 2.05) is 0 Å². The molecule has 0 heterocycles. The number of thiol groups is 1. The van der Waals surface area contributed by atoms with Crippen molar-refractivity contribution in [3.8, 4) is 0 Å². The Morgan fingerprint density at radius 1 is 1.16 bits per heavy atom. The molecular formula is C16H24O2S. The van der Waals surface area contributed by atoms with Crippen molar-refractivity contribution in [1.82, 2.24) is 0 Å². The summed E-state index contributed by atoms with van der Waals surface area (Å²) in [4.78, 5) is 0. The Balaban J connectivity index is 2.22. The van der Waals surface area contributed by atoms with Gasteiger partial charge >= 0.3 is 0 Å². The highest BCUT2D eigenvalue weighted by Crippen LogP contribution is 2.43. The highest BCUT2D eigenvalue weighted by atomic mass is 32.2. The quantitative estimate of drug-likeness (QED) is 0.811. The fourth-order valence-corrected chi connectivity index (χ4v) is 3.55. The molecule has 1 fully saturated rings. The fraction of sp³-hybridized carbons (Fsp3) is 0.625. The number of benzene rings is 1. The van der Waals surface area contributed by atoms with Gasteiger partial charge in [-0.1, -0.05) is 25.5 Å². The molecule has 0 aliphatic heterocycles. The summed E-state index contributed by atoms with van der Waals surface area (Å²) < 4.78 is 22.3. The minimum absolute atomic E-state index is 0.421. The molecule has 0 bridgehead atoms. The molecule has 0 radical (unpaired) electrons. The molecule has 0 amide bonds. The van der Waals surface area contributed by atoms with E-state index in [1.165, 1.54) is 35.1 Å². The smallest absolute Gasteiger partial charge is 0.146 e. The van der Waals surface area contributed by atoms with Crippen LogP contribution in [0.2, 0.25) is 0 Å². The van der Waals surface area contributed by atoms with E-state index in [1.54, 1.807) is 0 Å². The van der Waals surface area contributed by atoms with Crippen molar-refractivity contribution in [2.75, 3.05) is 0 Å². The van der Waals surface area contributed by atoms with Crippen LogP contribution in [0.15, 0.2) is 12.1 Å². The van der Waals surface area contributed by atoms with Gasteiger partial charge in [-0.05, 0) is 68.2 Å². The summed E-state index contributed by atoms with van der Waals surface area (Å²) in [6.45, 7) is 6.44. The lowest BCUT2D eigenvalue weighted by molar-refractivity contribution is 0.595. The monoisotopic (exact) mass is 280 g/mol. The first-order chi connectivity index (χ1) is 8.98. The van der Waals surface area contributed by atoms with E-state index in [-0.39, 0.29) is 0 Å². The molecule has 0 aromatic heterocycles. The summed E-state index contributed by atoms with van der Waals surface area (Å²) in [6, 6.07) is 4.48. The van der Waals surface area contributed by atoms with Crippen LogP contribution >= 0.6 is 0 Å². The molecule has 1 aromatic carbocycles. The highest BCUT2D eigenvalue weighted by Gasteiger charge is 2.46. The van der Waals surface area contributed by atoms with Gasteiger partial charge in [-0.25, -0.2) is 8.42 Å². The van der Waals surface area contributed by atoms with Crippen molar-refractivity contribution >= 4 is 10.7 Å². The highest BCUT2D eigenvalue weighted by molar-refractivity contribution is 7.74. The second-order valence-electron chi connectivity index (χ2n) is 5.97. The van der Waals surface area contributed by atoms with Gasteiger partial charge in [-0.15, -0.1) is 0 Å². The average Bonchev–Trinajstić information content (AvgIpc) is 3.12. The van der Waals surface area contributed by atoms with Gasteiger partial charge in [-0.2, -0.15) is 0 Å². The average molecular weight is 280 g/mol. The fourth-order valence-electron chi connectivity index (χ4n) is 2.78. The Kier molecular flexibility index (Phi) is 4.34. The van der Waals surface area contributed by atoms with Gasteiger partial charge < -0.3 is 0 Å². The van der Waals surface area contributed by atoms with Crippen LogP contribution in [0, 0.1) is 13.8 Å². The van der Waals surface area contributed by atoms with Crippen molar-refractivity contribution in [2.24, 2.45) is 0 Å². The normalized spacial score (nSPS) is 16.8. The second kappa shape index (κ2) is 5.66. The Labute approximate surface area is 118 Å². The van der Waals surface area contributed by atoms with E-state index < -0.39 is 15.5 Å². The maximum Gasteiger partial charge on any atom is 0.146 e. The Morgan fingerprint density at radius 2 is 1.74 bits per heavy atom. The van der Waals surface area contributed by atoms with E-state index >= 15 is 0 Å². The zero-order valence-electron chi connectivity index (χ0n) is 12.2. The van der Waals surface area contributed by atoms with E-state index in [4.69, 9.17) is 0 Å². The molecule has 3 heteroatoms. The van der Waals surface area contributed by atoms with Crippen LogP contribution in [0.3, 0.4) is 0 Å². The Hall–Kier alpha value is -0.830. The van der Waals surface area contributed by atoms with Crippen LogP contribution in [0.5, 0.6) is 0 Å². The van der Waals surface area contributed by atoms with Gasteiger partial charge in [0.15, 0.2) is 0 Å². The maximum absolute atomic E-state index is 11.4. The van der Waals surface area contributed by atoms with Crippen LogP contribution in [-0.2, 0) is 23.5 Å². The lowest BCUT2D eigenvalue weighted by atomic mass is 9.93. The van der Waals surface area contributed by atoms with E-state index in [9.17, 15) is 8.42 Å². The maximum atomic E-state index is 11.4. The third kappa shape index (κ3) is 3.19. The minimum atomic E-state index is -2.30. The van der Waals surface area contributed by atoms with Crippen molar-refractivity contribution in [3.63, 3.8) is 0 Å². The number of hydrogen-bond donors (Lipinski definition) is 1. The van der Waals surface area contributed by atoms with Gasteiger partial charge in [0.05, 0.1) is 4.75 Å². The molecule has 0 spiro atoms.